The lowest BCUT2D eigenvalue weighted by Gasteiger charge is -2.10. The van der Waals surface area contributed by atoms with Crippen LogP contribution in [0.5, 0.6) is 0 Å². The number of pyridine rings is 1. The van der Waals surface area contributed by atoms with E-state index in [4.69, 9.17) is 5.73 Å². The van der Waals surface area contributed by atoms with Gasteiger partial charge < -0.3 is 5.73 Å². The van der Waals surface area contributed by atoms with Crippen molar-refractivity contribution in [2.45, 2.75) is 6.04 Å². The maximum absolute atomic E-state index is 6.31. The molecule has 0 aliphatic carbocycles. The largest absolute Gasteiger partial charge is 0.318 e. The zero-order valence-corrected chi connectivity index (χ0v) is 12.4. The fourth-order valence-corrected chi connectivity index (χ4v) is 3.13. The Balaban J connectivity index is 1.83. The minimum Gasteiger partial charge on any atom is -0.318 e. The summed E-state index contributed by atoms with van der Waals surface area (Å²) in [5.74, 6) is 0. The van der Waals surface area contributed by atoms with Crippen molar-refractivity contribution in [3.05, 3.63) is 70.9 Å². The van der Waals surface area contributed by atoms with Crippen LogP contribution in [0.1, 0.15) is 16.6 Å². The zero-order valence-electron chi connectivity index (χ0n) is 11.6. The Morgan fingerprint density at radius 1 is 1.09 bits per heavy atom. The van der Waals surface area contributed by atoms with Crippen LogP contribution in [0.15, 0.2) is 60.4 Å². The Hall–Kier alpha value is -2.57. The molecule has 4 heterocycles. The first-order valence-electron chi connectivity index (χ1n) is 6.87. The van der Waals surface area contributed by atoms with Gasteiger partial charge in [0.05, 0.1) is 23.6 Å². The van der Waals surface area contributed by atoms with Gasteiger partial charge in [0.15, 0.2) is 5.65 Å². The van der Waals surface area contributed by atoms with Crippen LogP contribution in [-0.2, 0) is 0 Å². The van der Waals surface area contributed by atoms with E-state index in [0.29, 0.717) is 0 Å². The molecule has 0 aliphatic rings. The molecule has 0 fully saturated rings. The van der Waals surface area contributed by atoms with Crippen molar-refractivity contribution < 1.29 is 0 Å². The summed E-state index contributed by atoms with van der Waals surface area (Å²) >= 11 is 1.64. The number of hydrogen-bond donors (Lipinski definition) is 1. The van der Waals surface area contributed by atoms with Crippen LogP contribution in [0.4, 0.5) is 0 Å². The van der Waals surface area contributed by atoms with E-state index in [1.807, 2.05) is 52.5 Å². The van der Waals surface area contributed by atoms with Gasteiger partial charge in [-0.15, -0.1) is 11.3 Å². The van der Waals surface area contributed by atoms with Crippen LogP contribution in [0.2, 0.25) is 0 Å². The summed E-state index contributed by atoms with van der Waals surface area (Å²) in [6.07, 6.45) is 5.34. The van der Waals surface area contributed by atoms with Crippen LogP contribution in [0.3, 0.4) is 0 Å². The molecule has 0 aliphatic heterocycles. The highest BCUT2D eigenvalue weighted by molar-refractivity contribution is 7.10. The first-order chi connectivity index (χ1) is 10.8. The normalized spacial score (nSPS) is 12.6. The second-order valence-electron chi connectivity index (χ2n) is 4.90. The van der Waals surface area contributed by atoms with Gasteiger partial charge in [-0.2, -0.15) is 5.10 Å². The molecule has 0 aromatic carbocycles. The maximum Gasteiger partial charge on any atom is 0.154 e. The van der Waals surface area contributed by atoms with Crippen molar-refractivity contribution in [3.63, 3.8) is 0 Å². The van der Waals surface area contributed by atoms with Gasteiger partial charge in [-0.1, -0.05) is 6.07 Å². The molecule has 0 amide bonds. The van der Waals surface area contributed by atoms with E-state index >= 15 is 0 Å². The lowest BCUT2D eigenvalue weighted by Crippen LogP contribution is -2.14. The topological polar surface area (TPSA) is 69.1 Å². The predicted molar refractivity (Wildman–Crippen MR) is 86.6 cm³/mol. The molecule has 108 valence electrons. The first kappa shape index (κ1) is 13.1. The van der Waals surface area contributed by atoms with E-state index < -0.39 is 0 Å². The third-order valence-electron chi connectivity index (χ3n) is 3.53. The van der Waals surface area contributed by atoms with Crippen molar-refractivity contribution in [1.29, 1.82) is 0 Å². The van der Waals surface area contributed by atoms with Crippen LogP contribution < -0.4 is 5.73 Å². The van der Waals surface area contributed by atoms with Gasteiger partial charge in [0.25, 0.3) is 0 Å². The number of fused-ring (bicyclic) bond motifs is 1. The van der Waals surface area contributed by atoms with E-state index in [0.717, 1.165) is 27.5 Å². The summed E-state index contributed by atoms with van der Waals surface area (Å²) in [5.41, 5.74) is 9.89. The second-order valence-corrected chi connectivity index (χ2v) is 5.88. The minimum atomic E-state index is -0.225. The highest BCUT2D eigenvalue weighted by Crippen LogP contribution is 2.24. The molecule has 4 aromatic rings. The smallest absolute Gasteiger partial charge is 0.154 e. The number of aromatic nitrogens is 4. The number of rotatable bonds is 3. The third kappa shape index (κ3) is 2.18. The van der Waals surface area contributed by atoms with E-state index in [1.54, 1.807) is 23.7 Å². The lowest BCUT2D eigenvalue weighted by molar-refractivity contribution is 0.782. The molecular weight excluding hydrogens is 294 g/mol. The Kier molecular flexibility index (Phi) is 3.17. The van der Waals surface area contributed by atoms with E-state index in [9.17, 15) is 0 Å². The lowest BCUT2D eigenvalue weighted by atomic mass is 10.2. The molecule has 0 saturated carbocycles. The molecule has 4 rings (SSSR count). The van der Waals surface area contributed by atoms with E-state index in [2.05, 4.69) is 15.1 Å². The van der Waals surface area contributed by atoms with Gasteiger partial charge in [-0.25, -0.2) is 9.50 Å². The molecule has 0 spiro atoms. The van der Waals surface area contributed by atoms with Crippen LogP contribution >= 0.6 is 11.3 Å². The molecule has 0 saturated heterocycles. The monoisotopic (exact) mass is 307 g/mol. The van der Waals surface area contributed by atoms with Gasteiger partial charge in [0.1, 0.15) is 0 Å². The Labute approximate surface area is 131 Å². The van der Waals surface area contributed by atoms with Crippen molar-refractivity contribution in [2.75, 3.05) is 0 Å². The molecule has 0 bridgehead atoms. The summed E-state index contributed by atoms with van der Waals surface area (Å²) in [6, 6.07) is 11.6. The third-order valence-corrected chi connectivity index (χ3v) is 4.48. The number of imidazole rings is 1. The average molecular weight is 307 g/mol. The maximum atomic E-state index is 6.31. The molecular formula is C16H13N5S. The molecule has 22 heavy (non-hydrogen) atoms. The van der Waals surface area contributed by atoms with Crippen molar-refractivity contribution in [2.24, 2.45) is 5.73 Å². The summed E-state index contributed by atoms with van der Waals surface area (Å²) in [7, 11) is 0. The highest BCUT2D eigenvalue weighted by Gasteiger charge is 2.14. The Bertz CT molecular complexity index is 899. The quantitative estimate of drug-likeness (QED) is 0.632. The zero-order chi connectivity index (χ0) is 14.9. The SMILES string of the molecule is NC(c1ccc2ncc(-c3ccncc3)n2n1)c1cccs1. The fourth-order valence-electron chi connectivity index (χ4n) is 2.39. The molecule has 2 N–H and O–H groups in total. The molecule has 6 heteroatoms. The van der Waals surface area contributed by atoms with Crippen molar-refractivity contribution in [1.82, 2.24) is 19.6 Å². The predicted octanol–water partition coefficient (Wildman–Crippen LogP) is 2.90. The highest BCUT2D eigenvalue weighted by atomic mass is 32.1. The van der Waals surface area contributed by atoms with Crippen molar-refractivity contribution >= 4 is 17.0 Å². The number of thiophene rings is 1. The average Bonchev–Trinajstić information content (AvgIpc) is 3.24. The van der Waals surface area contributed by atoms with Gasteiger partial charge in [-0.3, -0.25) is 4.98 Å². The number of hydrogen-bond acceptors (Lipinski definition) is 5. The Morgan fingerprint density at radius 2 is 1.95 bits per heavy atom. The van der Waals surface area contributed by atoms with E-state index in [1.165, 1.54) is 0 Å². The second kappa shape index (κ2) is 5.32. The molecule has 5 nitrogen and oxygen atoms in total. The van der Waals surface area contributed by atoms with Gasteiger partial charge in [0, 0.05) is 22.8 Å². The summed E-state index contributed by atoms with van der Waals surface area (Å²) < 4.78 is 1.83. The van der Waals surface area contributed by atoms with Crippen LogP contribution in [-0.4, -0.2) is 19.6 Å². The van der Waals surface area contributed by atoms with Crippen LogP contribution in [0.25, 0.3) is 16.9 Å². The van der Waals surface area contributed by atoms with Crippen LogP contribution in [0, 0.1) is 0 Å². The molecule has 4 aromatic heterocycles. The summed E-state index contributed by atoms with van der Waals surface area (Å²) in [5, 5.41) is 6.70. The fraction of sp³-hybridized carbons (Fsp3) is 0.0625. The van der Waals surface area contributed by atoms with Crippen molar-refractivity contribution in [3.8, 4) is 11.3 Å². The summed E-state index contributed by atoms with van der Waals surface area (Å²) in [6.45, 7) is 0. The minimum absolute atomic E-state index is 0.225. The van der Waals surface area contributed by atoms with Gasteiger partial charge in [0.2, 0.25) is 0 Å². The van der Waals surface area contributed by atoms with Gasteiger partial charge >= 0.3 is 0 Å². The first-order valence-corrected chi connectivity index (χ1v) is 7.75. The number of nitrogens with two attached hydrogens (primary N) is 1. The molecule has 1 atom stereocenters. The number of nitrogens with zero attached hydrogens (tertiary/aromatic N) is 4. The van der Waals surface area contributed by atoms with Gasteiger partial charge in [-0.05, 0) is 35.7 Å². The molecule has 0 radical (unpaired) electrons. The summed E-state index contributed by atoms with van der Waals surface area (Å²) in [4.78, 5) is 9.54. The standard InChI is InChI=1S/C16H13N5S/c17-16(14-2-1-9-22-14)12-3-4-15-19-10-13(21(15)20-12)11-5-7-18-8-6-11/h1-10,16H,17H2. The van der Waals surface area contributed by atoms with E-state index in [-0.39, 0.29) is 6.04 Å². The molecule has 1 unspecified atom stereocenters. The Morgan fingerprint density at radius 3 is 2.73 bits per heavy atom.